The number of rotatable bonds is 4. The Labute approximate surface area is 155 Å². The molecule has 0 bridgehead atoms. The number of hydrogen-bond donors (Lipinski definition) is 2. The summed E-state index contributed by atoms with van der Waals surface area (Å²) in [6, 6.07) is 9.33. The van der Waals surface area contributed by atoms with E-state index in [-0.39, 0.29) is 34.3 Å². The van der Waals surface area contributed by atoms with Crippen molar-refractivity contribution in [3.63, 3.8) is 0 Å². The topological polar surface area (TPSA) is 86.7 Å². The first-order valence-electron chi connectivity index (χ1n) is 7.82. The number of nitrogens with zero attached hydrogens (tertiary/aromatic N) is 1. The summed E-state index contributed by atoms with van der Waals surface area (Å²) in [5.74, 6) is -1.16. The average molecular weight is 399 g/mol. The number of anilines is 1. The molecule has 9 heteroatoms. The van der Waals surface area contributed by atoms with Gasteiger partial charge >= 0.3 is 0 Å². The minimum Gasteiger partial charge on any atom is -0.392 e. The number of amides is 1. The van der Waals surface area contributed by atoms with Gasteiger partial charge in [0.2, 0.25) is 10.0 Å². The van der Waals surface area contributed by atoms with E-state index in [9.17, 15) is 22.7 Å². The van der Waals surface area contributed by atoms with E-state index in [4.69, 9.17) is 11.6 Å². The van der Waals surface area contributed by atoms with Crippen LogP contribution in [-0.4, -0.2) is 42.9 Å². The first-order chi connectivity index (χ1) is 12.3. The fourth-order valence-electron chi connectivity index (χ4n) is 2.65. The number of carbonyl (C=O) groups is 1. The van der Waals surface area contributed by atoms with Crippen molar-refractivity contribution in [1.29, 1.82) is 0 Å². The molecule has 3 rings (SSSR count). The van der Waals surface area contributed by atoms with Crippen LogP contribution in [0.4, 0.5) is 10.1 Å². The summed E-state index contributed by atoms with van der Waals surface area (Å²) in [4.78, 5) is 12.3. The smallest absolute Gasteiger partial charge is 0.255 e. The summed E-state index contributed by atoms with van der Waals surface area (Å²) in [6.07, 6.45) is -0.301. The molecular weight excluding hydrogens is 383 g/mol. The zero-order chi connectivity index (χ0) is 18.9. The molecule has 1 heterocycles. The highest BCUT2D eigenvalue weighted by Crippen LogP contribution is 2.23. The molecule has 1 aliphatic rings. The first-order valence-corrected chi connectivity index (χ1v) is 9.64. The lowest BCUT2D eigenvalue weighted by atomic mass is 10.2. The van der Waals surface area contributed by atoms with Gasteiger partial charge < -0.3 is 10.4 Å². The van der Waals surface area contributed by atoms with E-state index < -0.39 is 27.9 Å². The van der Waals surface area contributed by atoms with Gasteiger partial charge in [0.15, 0.2) is 0 Å². The van der Waals surface area contributed by atoms with Crippen LogP contribution in [0, 0.1) is 5.82 Å². The molecule has 6 nitrogen and oxygen atoms in total. The summed E-state index contributed by atoms with van der Waals surface area (Å²) >= 11 is 5.68. The third-order valence-corrected chi connectivity index (χ3v) is 6.19. The second kappa shape index (κ2) is 7.32. The molecular formula is C17H16ClFN2O4S. The Bertz CT molecular complexity index is 952. The van der Waals surface area contributed by atoms with Crippen molar-refractivity contribution in [3.05, 3.63) is 58.9 Å². The Kier molecular flexibility index (Phi) is 5.29. The lowest BCUT2D eigenvalue weighted by Crippen LogP contribution is -2.29. The molecule has 2 aromatic rings. The van der Waals surface area contributed by atoms with E-state index in [0.29, 0.717) is 6.42 Å². The Balaban J connectivity index is 1.82. The molecule has 0 aromatic heterocycles. The lowest BCUT2D eigenvalue weighted by molar-refractivity contribution is 0.102. The average Bonchev–Trinajstić information content (AvgIpc) is 3.05. The summed E-state index contributed by atoms with van der Waals surface area (Å²) in [7, 11) is -3.79. The molecule has 1 saturated heterocycles. The highest BCUT2D eigenvalue weighted by molar-refractivity contribution is 7.89. The summed E-state index contributed by atoms with van der Waals surface area (Å²) in [5, 5.41) is 12.0. The van der Waals surface area contributed by atoms with E-state index in [1.54, 1.807) is 0 Å². The monoisotopic (exact) mass is 398 g/mol. The van der Waals surface area contributed by atoms with Gasteiger partial charge in [-0.1, -0.05) is 17.7 Å². The molecule has 0 aliphatic carbocycles. The highest BCUT2D eigenvalue weighted by Gasteiger charge is 2.31. The number of aliphatic hydroxyl groups excluding tert-OH is 1. The van der Waals surface area contributed by atoms with E-state index in [2.05, 4.69) is 5.32 Å². The van der Waals surface area contributed by atoms with Crippen molar-refractivity contribution >= 4 is 33.2 Å². The van der Waals surface area contributed by atoms with Crippen LogP contribution in [0.2, 0.25) is 5.02 Å². The van der Waals surface area contributed by atoms with E-state index in [1.807, 2.05) is 0 Å². The summed E-state index contributed by atoms with van der Waals surface area (Å²) in [5.41, 5.74) is 0.420. The number of sulfonamides is 1. The van der Waals surface area contributed by atoms with Gasteiger partial charge in [-0.25, -0.2) is 12.8 Å². The van der Waals surface area contributed by atoms with Crippen LogP contribution in [0.5, 0.6) is 0 Å². The number of halogens is 2. The normalized spacial score (nSPS) is 18.0. The number of nitrogens with one attached hydrogen (secondary N) is 1. The minimum atomic E-state index is -3.79. The number of carbonyl (C=O) groups excluding carboxylic acids is 1. The van der Waals surface area contributed by atoms with Crippen LogP contribution in [0.1, 0.15) is 16.8 Å². The molecule has 26 heavy (non-hydrogen) atoms. The fraction of sp³-hybridized carbons (Fsp3) is 0.235. The second-order valence-corrected chi connectivity index (χ2v) is 8.26. The quantitative estimate of drug-likeness (QED) is 0.828. The zero-order valence-corrected chi connectivity index (χ0v) is 15.1. The number of β-amino-alcohol motifs (C(OH)–C–C–N with tert-alkyl or cyclic N) is 1. The number of aliphatic hydroxyl groups is 1. The van der Waals surface area contributed by atoms with Crippen molar-refractivity contribution in [2.75, 3.05) is 18.4 Å². The Hall–Kier alpha value is -2.00. The summed E-state index contributed by atoms with van der Waals surface area (Å²) in [6.45, 7) is 0.265. The van der Waals surface area contributed by atoms with Gasteiger partial charge in [0.1, 0.15) is 5.82 Å². The van der Waals surface area contributed by atoms with Crippen molar-refractivity contribution in [1.82, 2.24) is 4.31 Å². The van der Waals surface area contributed by atoms with Crippen molar-refractivity contribution in [3.8, 4) is 0 Å². The molecule has 1 atom stereocenters. The molecule has 0 radical (unpaired) electrons. The number of hydrogen-bond acceptors (Lipinski definition) is 4. The van der Waals surface area contributed by atoms with Crippen LogP contribution >= 0.6 is 11.6 Å². The van der Waals surface area contributed by atoms with Gasteiger partial charge in [-0.15, -0.1) is 0 Å². The Morgan fingerprint density at radius 3 is 2.69 bits per heavy atom. The van der Waals surface area contributed by atoms with Gasteiger partial charge in [-0.2, -0.15) is 4.31 Å². The third kappa shape index (κ3) is 3.88. The van der Waals surface area contributed by atoms with Crippen molar-refractivity contribution in [2.45, 2.75) is 17.4 Å². The fourth-order valence-corrected chi connectivity index (χ4v) is 4.37. The predicted molar refractivity (Wildman–Crippen MR) is 95.2 cm³/mol. The van der Waals surface area contributed by atoms with E-state index >= 15 is 0 Å². The third-order valence-electron chi connectivity index (χ3n) is 4.04. The van der Waals surface area contributed by atoms with Gasteiger partial charge in [0.25, 0.3) is 5.91 Å². The van der Waals surface area contributed by atoms with Crippen LogP contribution in [0.25, 0.3) is 0 Å². The van der Waals surface area contributed by atoms with Gasteiger partial charge in [0, 0.05) is 24.3 Å². The minimum absolute atomic E-state index is 0.0311. The lowest BCUT2D eigenvalue weighted by Gasteiger charge is -2.16. The molecule has 2 aromatic carbocycles. The van der Waals surface area contributed by atoms with Gasteiger partial charge in [0.05, 0.1) is 16.0 Å². The number of benzene rings is 2. The largest absolute Gasteiger partial charge is 0.392 e. The Morgan fingerprint density at radius 1 is 1.27 bits per heavy atom. The standard InChI is InChI=1S/C17H16ClFN2O4S/c18-15-9-12(4-5-16(15)19)20-17(23)11-2-1-3-14(8-11)26(24,25)21-7-6-13(22)10-21/h1-5,8-9,13,22H,6-7,10H2,(H,20,23). The van der Waals surface area contributed by atoms with Gasteiger partial charge in [-0.05, 0) is 42.8 Å². The maximum absolute atomic E-state index is 13.2. The SMILES string of the molecule is O=C(Nc1ccc(F)c(Cl)c1)c1cccc(S(=O)(=O)N2CCC(O)C2)c1. The molecule has 0 saturated carbocycles. The zero-order valence-electron chi connectivity index (χ0n) is 13.5. The van der Waals surface area contributed by atoms with Crippen molar-refractivity contribution in [2.24, 2.45) is 0 Å². The van der Waals surface area contributed by atoms with Crippen LogP contribution in [-0.2, 0) is 10.0 Å². The summed E-state index contributed by atoms with van der Waals surface area (Å²) < 4.78 is 39.6. The molecule has 1 fully saturated rings. The molecule has 1 amide bonds. The molecule has 1 aliphatic heterocycles. The Morgan fingerprint density at radius 2 is 2.04 bits per heavy atom. The maximum Gasteiger partial charge on any atom is 0.255 e. The van der Waals surface area contributed by atoms with Crippen LogP contribution in [0.15, 0.2) is 47.4 Å². The molecule has 138 valence electrons. The second-order valence-electron chi connectivity index (χ2n) is 5.92. The molecule has 0 spiro atoms. The molecule has 2 N–H and O–H groups in total. The van der Waals surface area contributed by atoms with Crippen molar-refractivity contribution < 1.29 is 22.7 Å². The highest BCUT2D eigenvalue weighted by atomic mass is 35.5. The van der Waals surface area contributed by atoms with E-state index in [0.717, 1.165) is 6.07 Å². The predicted octanol–water partition coefficient (Wildman–Crippen LogP) is 2.49. The molecule has 1 unspecified atom stereocenters. The van der Waals surface area contributed by atoms with Crippen LogP contribution < -0.4 is 5.32 Å². The van der Waals surface area contributed by atoms with Crippen LogP contribution in [0.3, 0.4) is 0 Å². The maximum atomic E-state index is 13.2. The van der Waals surface area contributed by atoms with E-state index in [1.165, 1.54) is 40.7 Å². The first kappa shape index (κ1) is 18.8. The van der Waals surface area contributed by atoms with Gasteiger partial charge in [-0.3, -0.25) is 4.79 Å².